The van der Waals surface area contributed by atoms with Gasteiger partial charge in [-0.15, -0.1) is 0 Å². The van der Waals surface area contributed by atoms with Gasteiger partial charge in [-0.2, -0.15) is 18.3 Å². The van der Waals surface area contributed by atoms with Crippen LogP contribution in [0.4, 0.5) is 18.9 Å². The molecule has 3 aromatic rings. The molecule has 0 aliphatic rings. The van der Waals surface area contributed by atoms with Crippen LogP contribution in [0.3, 0.4) is 0 Å². The number of nitrogens with zero attached hydrogens (tertiary/aromatic N) is 2. The Morgan fingerprint density at radius 2 is 1.75 bits per heavy atom. The lowest BCUT2D eigenvalue weighted by molar-refractivity contribution is -0.137. The van der Waals surface area contributed by atoms with Crippen LogP contribution in [-0.4, -0.2) is 15.7 Å². The van der Waals surface area contributed by atoms with Crippen molar-refractivity contribution < 1.29 is 18.0 Å². The van der Waals surface area contributed by atoms with Crippen molar-refractivity contribution in [3.8, 4) is 11.3 Å². The molecule has 0 aliphatic heterocycles. The van der Waals surface area contributed by atoms with Crippen LogP contribution in [0.15, 0.2) is 71.5 Å². The molecule has 0 radical (unpaired) electrons. The molecule has 8 heteroatoms. The molecule has 1 atom stereocenters. The van der Waals surface area contributed by atoms with Gasteiger partial charge >= 0.3 is 6.18 Å². The second-order valence-electron chi connectivity index (χ2n) is 6.11. The van der Waals surface area contributed by atoms with Crippen LogP contribution in [0.1, 0.15) is 18.5 Å². The Morgan fingerprint density at radius 1 is 1.04 bits per heavy atom. The SMILES string of the molecule is CC(C(=O)Nc1cccc(C(F)(F)F)c1)n1nc(-c2ccccc2)ccc1=O. The number of aromatic nitrogens is 2. The lowest BCUT2D eigenvalue weighted by Crippen LogP contribution is -2.33. The monoisotopic (exact) mass is 387 g/mol. The number of amides is 1. The lowest BCUT2D eigenvalue weighted by Gasteiger charge is -2.16. The Hall–Kier alpha value is -3.42. The van der Waals surface area contributed by atoms with Gasteiger partial charge in [-0.3, -0.25) is 9.59 Å². The molecule has 1 unspecified atom stereocenters. The minimum absolute atomic E-state index is 0.0149. The minimum atomic E-state index is -4.52. The second-order valence-corrected chi connectivity index (χ2v) is 6.11. The molecule has 0 saturated carbocycles. The first-order valence-electron chi connectivity index (χ1n) is 8.39. The first-order valence-corrected chi connectivity index (χ1v) is 8.39. The molecule has 0 aliphatic carbocycles. The Labute approximate surface area is 158 Å². The molecule has 5 nitrogen and oxygen atoms in total. The van der Waals surface area contributed by atoms with Crippen molar-refractivity contribution in [2.24, 2.45) is 0 Å². The van der Waals surface area contributed by atoms with Crippen molar-refractivity contribution in [2.45, 2.75) is 19.1 Å². The van der Waals surface area contributed by atoms with Crippen LogP contribution >= 0.6 is 0 Å². The Bertz CT molecular complexity index is 1050. The Kier molecular flexibility index (Phi) is 5.30. The highest BCUT2D eigenvalue weighted by atomic mass is 19.4. The number of anilines is 1. The van der Waals surface area contributed by atoms with Crippen LogP contribution in [0.25, 0.3) is 11.3 Å². The zero-order chi connectivity index (χ0) is 20.3. The van der Waals surface area contributed by atoms with Gasteiger partial charge in [-0.1, -0.05) is 36.4 Å². The van der Waals surface area contributed by atoms with Crippen molar-refractivity contribution >= 4 is 11.6 Å². The van der Waals surface area contributed by atoms with Crippen LogP contribution in [0.5, 0.6) is 0 Å². The summed E-state index contributed by atoms with van der Waals surface area (Å²) in [5.74, 6) is -0.654. The molecule has 2 aromatic carbocycles. The van der Waals surface area contributed by atoms with Gasteiger partial charge in [0.1, 0.15) is 6.04 Å². The van der Waals surface area contributed by atoms with Crippen molar-refractivity contribution in [3.05, 3.63) is 82.6 Å². The molecule has 144 valence electrons. The van der Waals surface area contributed by atoms with Gasteiger partial charge < -0.3 is 5.32 Å². The summed E-state index contributed by atoms with van der Waals surface area (Å²) in [4.78, 5) is 24.6. The fourth-order valence-corrected chi connectivity index (χ4v) is 2.60. The number of rotatable bonds is 4. The van der Waals surface area contributed by atoms with Crippen molar-refractivity contribution in [1.29, 1.82) is 0 Å². The average molecular weight is 387 g/mol. The van der Waals surface area contributed by atoms with Gasteiger partial charge in [0, 0.05) is 17.3 Å². The number of alkyl halides is 3. The Balaban J connectivity index is 1.85. The number of benzene rings is 2. The number of carbonyl (C=O) groups excluding carboxylic acids is 1. The maximum atomic E-state index is 12.8. The van der Waals surface area contributed by atoms with E-state index in [1.54, 1.807) is 6.07 Å². The molecule has 3 rings (SSSR count). The van der Waals surface area contributed by atoms with Crippen molar-refractivity contribution in [3.63, 3.8) is 0 Å². The highest BCUT2D eigenvalue weighted by Crippen LogP contribution is 2.30. The van der Waals surface area contributed by atoms with E-state index in [1.165, 1.54) is 25.1 Å². The maximum Gasteiger partial charge on any atom is 0.416 e. The second kappa shape index (κ2) is 7.67. The van der Waals surface area contributed by atoms with E-state index in [2.05, 4.69) is 10.4 Å². The van der Waals surface area contributed by atoms with Gasteiger partial charge in [-0.05, 0) is 31.2 Å². The van der Waals surface area contributed by atoms with Gasteiger partial charge in [0.15, 0.2) is 0 Å². The maximum absolute atomic E-state index is 12.8. The number of nitrogens with one attached hydrogen (secondary N) is 1. The molecular weight excluding hydrogens is 371 g/mol. The van der Waals surface area contributed by atoms with Gasteiger partial charge in [-0.25, -0.2) is 4.68 Å². The fraction of sp³-hybridized carbons (Fsp3) is 0.150. The van der Waals surface area contributed by atoms with Crippen LogP contribution < -0.4 is 10.9 Å². The topological polar surface area (TPSA) is 64.0 Å². The number of halogens is 3. The van der Waals surface area contributed by atoms with Crippen molar-refractivity contribution in [1.82, 2.24) is 9.78 Å². The molecule has 1 amide bonds. The first-order chi connectivity index (χ1) is 13.3. The van der Waals surface area contributed by atoms with Crippen LogP contribution in [0.2, 0.25) is 0 Å². The third-order valence-corrected chi connectivity index (χ3v) is 4.10. The van der Waals surface area contributed by atoms with Crippen molar-refractivity contribution in [2.75, 3.05) is 5.32 Å². The molecule has 0 spiro atoms. The average Bonchev–Trinajstić information content (AvgIpc) is 2.68. The van der Waals surface area contributed by atoms with E-state index >= 15 is 0 Å². The lowest BCUT2D eigenvalue weighted by atomic mass is 10.1. The molecule has 0 saturated heterocycles. The van der Waals surface area contributed by atoms with E-state index in [4.69, 9.17) is 0 Å². The zero-order valence-electron chi connectivity index (χ0n) is 14.8. The predicted octanol–water partition coefficient (Wildman–Crippen LogP) is 4.13. The first kappa shape index (κ1) is 19.3. The number of hydrogen-bond acceptors (Lipinski definition) is 3. The van der Waals surface area contributed by atoms with E-state index in [1.807, 2.05) is 30.3 Å². The van der Waals surface area contributed by atoms with Crippen LogP contribution in [0, 0.1) is 0 Å². The molecule has 0 bridgehead atoms. The molecular formula is C20H16F3N3O2. The summed E-state index contributed by atoms with van der Waals surface area (Å²) in [5, 5.41) is 6.63. The van der Waals surface area contributed by atoms with Gasteiger partial charge in [0.05, 0.1) is 11.3 Å². The fourth-order valence-electron chi connectivity index (χ4n) is 2.60. The molecule has 1 heterocycles. The quantitative estimate of drug-likeness (QED) is 0.732. The summed E-state index contributed by atoms with van der Waals surface area (Å²) in [6, 6.07) is 15.2. The number of hydrogen-bond donors (Lipinski definition) is 1. The Morgan fingerprint density at radius 3 is 2.43 bits per heavy atom. The smallest absolute Gasteiger partial charge is 0.324 e. The molecule has 0 fully saturated rings. The summed E-state index contributed by atoms with van der Waals surface area (Å²) in [5.41, 5.74) is -0.120. The highest BCUT2D eigenvalue weighted by Gasteiger charge is 2.30. The highest BCUT2D eigenvalue weighted by molar-refractivity contribution is 5.93. The number of carbonyl (C=O) groups is 1. The van der Waals surface area contributed by atoms with E-state index in [0.717, 1.165) is 22.4 Å². The molecule has 1 aromatic heterocycles. The van der Waals surface area contributed by atoms with E-state index in [-0.39, 0.29) is 5.69 Å². The van der Waals surface area contributed by atoms with Crippen LogP contribution in [-0.2, 0) is 11.0 Å². The standard InChI is InChI=1S/C20H16F3N3O2/c1-13(19(28)24-16-9-5-8-15(12-16)20(21,22)23)26-18(27)11-10-17(25-26)14-6-3-2-4-7-14/h2-13H,1H3,(H,24,28). The van der Waals surface area contributed by atoms with E-state index in [9.17, 15) is 22.8 Å². The molecule has 28 heavy (non-hydrogen) atoms. The van der Waals surface area contributed by atoms with Gasteiger partial charge in [0.2, 0.25) is 5.91 Å². The minimum Gasteiger partial charge on any atom is -0.324 e. The van der Waals surface area contributed by atoms with E-state index < -0.39 is 29.2 Å². The largest absolute Gasteiger partial charge is 0.416 e. The van der Waals surface area contributed by atoms with Gasteiger partial charge in [0.25, 0.3) is 5.56 Å². The summed E-state index contributed by atoms with van der Waals surface area (Å²) in [7, 11) is 0. The summed E-state index contributed by atoms with van der Waals surface area (Å²) in [6.07, 6.45) is -4.52. The summed E-state index contributed by atoms with van der Waals surface area (Å²) in [6.45, 7) is 1.45. The zero-order valence-corrected chi connectivity index (χ0v) is 14.8. The third-order valence-electron chi connectivity index (χ3n) is 4.10. The normalized spacial score (nSPS) is 12.4. The third kappa shape index (κ3) is 4.28. The summed E-state index contributed by atoms with van der Waals surface area (Å²) >= 11 is 0. The van der Waals surface area contributed by atoms with E-state index in [0.29, 0.717) is 5.69 Å². The summed E-state index contributed by atoms with van der Waals surface area (Å²) < 4.78 is 39.5. The predicted molar refractivity (Wildman–Crippen MR) is 98.7 cm³/mol. The molecule has 1 N–H and O–H groups in total.